The Kier molecular flexibility index (Phi) is 2.37. The van der Waals surface area contributed by atoms with Crippen molar-refractivity contribution in [3.05, 3.63) is 22.9 Å². The van der Waals surface area contributed by atoms with Gasteiger partial charge in [0.25, 0.3) is 0 Å². The first-order valence-electron chi connectivity index (χ1n) is 2.29. The van der Waals surface area contributed by atoms with Crippen LogP contribution in [0.15, 0.2) is 16.8 Å². The van der Waals surface area contributed by atoms with Gasteiger partial charge in [0, 0.05) is 0 Å². The second-order valence-corrected chi connectivity index (χ2v) is 3.32. The average molecular weight is 146 g/mol. The zero-order valence-corrected chi connectivity index (χ0v) is 6.68. The van der Waals surface area contributed by atoms with Crippen molar-refractivity contribution in [2.75, 3.05) is 0 Å². The Bertz CT molecular complexity index is 232. The molecule has 0 aromatic carbocycles. The van der Waals surface area contributed by atoms with Crippen LogP contribution < -0.4 is 18.9 Å². The van der Waals surface area contributed by atoms with Crippen LogP contribution in [0.25, 0.3) is 9.40 Å². The van der Waals surface area contributed by atoms with Crippen molar-refractivity contribution >= 4 is 32.1 Å². The Labute approximate surface area is 73.7 Å². The van der Waals surface area contributed by atoms with Crippen molar-refractivity contribution in [1.29, 1.82) is 0 Å². The standard InChI is InChI=1S/C6H3S2.Li/c1-3-7-6-2-4-8-5(1)6;/h1,3-4H;/q-1;+1. The normalized spacial score (nSPS) is 9.33. The summed E-state index contributed by atoms with van der Waals surface area (Å²) < 4.78 is 2.64. The van der Waals surface area contributed by atoms with Crippen LogP contribution in [-0.4, -0.2) is 0 Å². The maximum Gasteiger partial charge on any atom is 1.00 e. The van der Waals surface area contributed by atoms with Crippen LogP contribution in [0.1, 0.15) is 0 Å². The van der Waals surface area contributed by atoms with Gasteiger partial charge in [-0.3, -0.25) is 11.3 Å². The number of thiophene rings is 2. The van der Waals surface area contributed by atoms with Crippen LogP contribution in [-0.2, 0) is 0 Å². The summed E-state index contributed by atoms with van der Waals surface area (Å²) in [5.41, 5.74) is 0. The van der Waals surface area contributed by atoms with Gasteiger partial charge in [-0.2, -0.15) is 11.3 Å². The molecule has 9 heavy (non-hydrogen) atoms. The van der Waals surface area contributed by atoms with Crippen molar-refractivity contribution in [1.82, 2.24) is 0 Å². The summed E-state index contributed by atoms with van der Waals surface area (Å²) in [6.07, 6.45) is 0. The summed E-state index contributed by atoms with van der Waals surface area (Å²) in [7, 11) is 0. The van der Waals surface area contributed by atoms with E-state index < -0.39 is 0 Å². The predicted octanol–water partition coefficient (Wildman–Crippen LogP) is -0.233. The Morgan fingerprint density at radius 2 is 2.22 bits per heavy atom. The van der Waals surface area contributed by atoms with Crippen molar-refractivity contribution in [2.45, 2.75) is 0 Å². The molecule has 0 aliphatic heterocycles. The van der Waals surface area contributed by atoms with Crippen LogP contribution in [0.5, 0.6) is 0 Å². The van der Waals surface area contributed by atoms with Crippen LogP contribution in [0, 0.1) is 6.07 Å². The number of hydrogen-bond donors (Lipinski definition) is 0. The average Bonchev–Trinajstić information content (AvgIpc) is 2.15. The Balaban J connectivity index is 0.000000405. The summed E-state index contributed by atoms with van der Waals surface area (Å²) in [5.74, 6) is 0. The molecule has 2 aromatic rings. The summed E-state index contributed by atoms with van der Waals surface area (Å²) >= 11 is 3.50. The van der Waals surface area contributed by atoms with E-state index >= 15 is 0 Å². The van der Waals surface area contributed by atoms with Crippen molar-refractivity contribution in [3.8, 4) is 0 Å². The van der Waals surface area contributed by atoms with Crippen LogP contribution in [0.3, 0.4) is 0 Å². The third-order valence-corrected chi connectivity index (χ3v) is 2.81. The van der Waals surface area contributed by atoms with Gasteiger partial charge in [0.2, 0.25) is 0 Å². The number of hydrogen-bond acceptors (Lipinski definition) is 2. The molecule has 2 rings (SSSR count). The first-order valence-corrected chi connectivity index (χ1v) is 4.05. The molecule has 0 unspecified atom stereocenters. The molecule has 0 spiro atoms. The van der Waals surface area contributed by atoms with Gasteiger partial charge in [0.1, 0.15) is 0 Å². The molecule has 0 atom stereocenters. The van der Waals surface area contributed by atoms with Crippen LogP contribution in [0.4, 0.5) is 0 Å². The van der Waals surface area contributed by atoms with Gasteiger partial charge in [0.05, 0.1) is 0 Å². The zero-order valence-electron chi connectivity index (χ0n) is 5.05. The Hall–Kier alpha value is 0.257. The minimum absolute atomic E-state index is 0. The summed E-state index contributed by atoms with van der Waals surface area (Å²) in [5, 5.41) is 4.10. The van der Waals surface area contributed by atoms with E-state index in [0.717, 1.165) is 0 Å². The van der Waals surface area contributed by atoms with E-state index in [1.54, 1.807) is 22.7 Å². The molecular weight excluding hydrogens is 143 g/mol. The molecule has 0 radical (unpaired) electrons. The number of fused-ring (bicyclic) bond motifs is 1. The first kappa shape index (κ1) is 7.37. The third-order valence-electron chi connectivity index (χ3n) is 1.01. The van der Waals surface area contributed by atoms with E-state index in [9.17, 15) is 0 Å². The van der Waals surface area contributed by atoms with E-state index in [2.05, 4.69) is 17.5 Å². The van der Waals surface area contributed by atoms with Gasteiger partial charge >= 0.3 is 18.9 Å². The van der Waals surface area contributed by atoms with Crippen molar-refractivity contribution in [3.63, 3.8) is 0 Å². The molecule has 0 aliphatic rings. The maximum atomic E-state index is 3.14. The molecule has 2 aromatic heterocycles. The summed E-state index contributed by atoms with van der Waals surface area (Å²) in [6.45, 7) is 0. The van der Waals surface area contributed by atoms with Gasteiger partial charge in [-0.15, -0.1) is 20.8 Å². The largest absolute Gasteiger partial charge is 1.00 e. The van der Waals surface area contributed by atoms with Crippen LogP contribution >= 0.6 is 22.7 Å². The van der Waals surface area contributed by atoms with E-state index in [0.29, 0.717) is 0 Å². The van der Waals surface area contributed by atoms with E-state index in [4.69, 9.17) is 0 Å². The molecule has 0 nitrogen and oxygen atoms in total. The Morgan fingerprint density at radius 3 is 3.00 bits per heavy atom. The molecule has 0 bridgehead atoms. The summed E-state index contributed by atoms with van der Waals surface area (Å²) in [6, 6.07) is 5.26. The minimum atomic E-state index is 0. The quantitative estimate of drug-likeness (QED) is 0.355. The second kappa shape index (κ2) is 2.89. The second-order valence-electron chi connectivity index (χ2n) is 1.49. The minimum Gasteiger partial charge on any atom is -0.264 e. The van der Waals surface area contributed by atoms with Crippen molar-refractivity contribution < 1.29 is 18.9 Å². The van der Waals surface area contributed by atoms with Crippen LogP contribution in [0.2, 0.25) is 0 Å². The van der Waals surface area contributed by atoms with E-state index in [1.807, 2.05) is 5.38 Å². The van der Waals surface area contributed by atoms with Gasteiger partial charge in [-0.1, -0.05) is 0 Å². The van der Waals surface area contributed by atoms with Gasteiger partial charge in [0.15, 0.2) is 0 Å². The zero-order chi connectivity index (χ0) is 5.40. The molecule has 40 valence electrons. The fraction of sp³-hybridized carbons (Fsp3) is 0. The van der Waals surface area contributed by atoms with Gasteiger partial charge in [-0.25, -0.2) is 6.07 Å². The van der Waals surface area contributed by atoms with E-state index in [1.165, 1.54) is 9.40 Å². The molecule has 0 saturated heterocycles. The van der Waals surface area contributed by atoms with Gasteiger partial charge in [-0.05, 0) is 5.38 Å². The molecule has 3 heteroatoms. The monoisotopic (exact) mass is 146 g/mol. The predicted molar refractivity (Wildman–Crippen MR) is 38.5 cm³/mol. The maximum absolute atomic E-state index is 3.14. The smallest absolute Gasteiger partial charge is 0.264 e. The first-order chi connectivity index (χ1) is 3.97. The third kappa shape index (κ3) is 1.22. The Morgan fingerprint density at radius 1 is 1.33 bits per heavy atom. The fourth-order valence-corrected chi connectivity index (χ4v) is 2.36. The number of rotatable bonds is 0. The van der Waals surface area contributed by atoms with Crippen molar-refractivity contribution in [2.24, 2.45) is 0 Å². The SMILES string of the molecule is [Li+].[c-]1csc2ccsc12. The molecule has 0 aliphatic carbocycles. The molecular formula is C6H3LiS2. The molecule has 0 fully saturated rings. The topological polar surface area (TPSA) is 0 Å². The fourth-order valence-electron chi connectivity index (χ4n) is 0.642. The summed E-state index contributed by atoms with van der Waals surface area (Å²) in [4.78, 5) is 0. The molecule has 0 saturated carbocycles. The van der Waals surface area contributed by atoms with Gasteiger partial charge < -0.3 is 0 Å². The molecule has 0 amide bonds. The van der Waals surface area contributed by atoms with E-state index in [-0.39, 0.29) is 18.9 Å². The molecule has 0 N–H and O–H groups in total. The molecule has 2 heterocycles.